The highest BCUT2D eigenvalue weighted by molar-refractivity contribution is 5.80. The van der Waals surface area contributed by atoms with Crippen LogP contribution in [0.25, 0.3) is 0 Å². The first-order chi connectivity index (χ1) is 9.87. The summed E-state index contributed by atoms with van der Waals surface area (Å²) in [4.78, 5) is 4.09. The molecule has 10 nitrogen and oxygen atoms in total. The quantitative estimate of drug-likeness (QED) is 0.281. The van der Waals surface area contributed by atoms with Crippen molar-refractivity contribution in [1.29, 1.82) is 0 Å². The van der Waals surface area contributed by atoms with E-state index >= 15 is 0 Å². The van der Waals surface area contributed by atoms with E-state index in [0.717, 1.165) is 0 Å². The predicted molar refractivity (Wildman–Crippen MR) is 62.4 cm³/mol. The predicted octanol–water partition coefficient (Wildman–Crippen LogP) is -4.47. The van der Waals surface area contributed by atoms with Crippen LogP contribution in [0.3, 0.4) is 0 Å². The number of guanidine groups is 1. The van der Waals surface area contributed by atoms with E-state index in [2.05, 4.69) is 10.3 Å². The molecule has 9 atom stereocenters. The molecule has 0 aromatic heterocycles. The Labute approximate surface area is 118 Å². The monoisotopic (exact) mass is 301 g/mol. The fraction of sp³-hybridized carbons (Fsp3) is 0.909. The van der Waals surface area contributed by atoms with Crippen molar-refractivity contribution in [3.63, 3.8) is 0 Å². The zero-order chi connectivity index (χ0) is 14.8. The number of aliphatic hydroxyl groups excluding tert-OH is 2. The summed E-state index contributed by atoms with van der Waals surface area (Å²) in [5.41, 5.74) is 2.70. The second kappa shape index (κ2) is 3.18. The van der Waals surface area contributed by atoms with Crippen LogP contribution in [0, 0.1) is 5.92 Å². The van der Waals surface area contributed by atoms with Gasteiger partial charge in [-0.05, 0) is 0 Å². The van der Waals surface area contributed by atoms with Gasteiger partial charge in [-0.3, -0.25) is 0 Å². The fourth-order valence-electron chi connectivity index (χ4n) is 4.65. The molecule has 116 valence electrons. The van der Waals surface area contributed by atoms with Crippen LogP contribution in [-0.2, 0) is 14.2 Å². The van der Waals surface area contributed by atoms with Crippen molar-refractivity contribution in [3.05, 3.63) is 0 Å². The van der Waals surface area contributed by atoms with Gasteiger partial charge in [0.15, 0.2) is 18.3 Å². The molecule has 4 saturated heterocycles. The van der Waals surface area contributed by atoms with Gasteiger partial charge >= 0.3 is 5.97 Å². The van der Waals surface area contributed by atoms with Crippen LogP contribution >= 0.6 is 0 Å². The minimum atomic E-state index is -2.13. The van der Waals surface area contributed by atoms with Crippen molar-refractivity contribution in [2.45, 2.75) is 47.8 Å². The standard InChI is InChI=1S/C11H15N3O7/c12-8-13-6-2-4-9(17,1-15)5-3(16)10(2,14-8)7(19-6)11(18,20-4)21-5/h2-7,15-18H,1H2,(H3,12,13,14)/t2-,3-,4-,5+,6+,7+,9-,10-,11+/m1/s1. The number of aliphatic hydroxyl groups is 4. The molecule has 5 aliphatic heterocycles. The zero-order valence-corrected chi connectivity index (χ0v) is 10.7. The van der Waals surface area contributed by atoms with Crippen LogP contribution in [0.2, 0.25) is 0 Å². The Morgan fingerprint density at radius 3 is 2.71 bits per heavy atom. The summed E-state index contributed by atoms with van der Waals surface area (Å²) in [6, 6.07) is 0. The Kier molecular flexibility index (Phi) is 1.89. The van der Waals surface area contributed by atoms with E-state index < -0.39 is 60.3 Å². The molecule has 1 saturated carbocycles. The van der Waals surface area contributed by atoms with Gasteiger partial charge in [0.1, 0.15) is 29.5 Å². The first-order valence-electron chi connectivity index (χ1n) is 6.73. The zero-order valence-electron chi connectivity index (χ0n) is 10.7. The smallest absolute Gasteiger partial charge is 0.311 e. The first kappa shape index (κ1) is 12.5. The van der Waals surface area contributed by atoms with Gasteiger partial charge in [-0.2, -0.15) is 0 Å². The number of hydrogen-bond acceptors (Lipinski definition) is 10. The normalized spacial score (nSPS) is 66.2. The summed E-state index contributed by atoms with van der Waals surface area (Å²) in [7, 11) is 0. The lowest BCUT2D eigenvalue weighted by molar-refractivity contribution is -0.529. The Morgan fingerprint density at radius 1 is 1.29 bits per heavy atom. The average Bonchev–Trinajstić information content (AvgIpc) is 2.59. The molecular weight excluding hydrogens is 286 g/mol. The minimum Gasteiger partial charge on any atom is -0.393 e. The second-order valence-corrected chi connectivity index (χ2v) is 6.31. The van der Waals surface area contributed by atoms with Crippen LogP contribution in [0.5, 0.6) is 0 Å². The number of nitrogens with two attached hydrogens (primary N) is 1. The van der Waals surface area contributed by atoms with Crippen LogP contribution in [0.1, 0.15) is 0 Å². The molecule has 1 spiro atoms. The van der Waals surface area contributed by atoms with Gasteiger partial charge in [-0.15, -0.1) is 0 Å². The Morgan fingerprint density at radius 2 is 2.00 bits per heavy atom. The van der Waals surface area contributed by atoms with E-state index in [1.807, 2.05) is 0 Å². The SMILES string of the molecule is NC1=N[C@H]2O[C@@H]3[C@]4(O)O[C@@H]5[C@H]2[C@@]3(N1)[C@H](O)[C@H](O4)[C@@]5(O)CO. The Bertz CT molecular complexity index is 574. The summed E-state index contributed by atoms with van der Waals surface area (Å²) in [5, 5.41) is 44.4. The molecule has 5 heterocycles. The number of nitrogens with zero attached hydrogens (tertiary/aromatic N) is 1. The number of hydrogen-bond donors (Lipinski definition) is 6. The van der Waals surface area contributed by atoms with E-state index in [0.29, 0.717) is 0 Å². The van der Waals surface area contributed by atoms with Gasteiger partial charge in [0, 0.05) is 0 Å². The third kappa shape index (κ3) is 1.03. The summed E-state index contributed by atoms with van der Waals surface area (Å²) >= 11 is 0. The van der Waals surface area contributed by atoms with Crippen LogP contribution < -0.4 is 11.1 Å². The topological polar surface area (TPSA) is 159 Å². The van der Waals surface area contributed by atoms with Crippen molar-refractivity contribution in [1.82, 2.24) is 5.32 Å². The molecule has 0 radical (unpaired) electrons. The van der Waals surface area contributed by atoms with E-state index in [4.69, 9.17) is 19.9 Å². The maximum Gasteiger partial charge on any atom is 0.311 e. The van der Waals surface area contributed by atoms with E-state index in [1.54, 1.807) is 0 Å². The highest BCUT2D eigenvalue weighted by Gasteiger charge is 2.86. The molecule has 7 N–H and O–H groups in total. The third-order valence-corrected chi connectivity index (χ3v) is 5.44. The molecule has 21 heavy (non-hydrogen) atoms. The molecule has 10 heteroatoms. The maximum atomic E-state index is 10.7. The third-order valence-electron chi connectivity index (χ3n) is 5.44. The van der Waals surface area contributed by atoms with Gasteiger partial charge in [-0.25, -0.2) is 4.99 Å². The number of nitrogens with one attached hydrogen (secondary N) is 1. The summed E-state index contributed by atoms with van der Waals surface area (Å²) in [6.07, 6.45) is -5.35. The van der Waals surface area contributed by atoms with Crippen molar-refractivity contribution < 1.29 is 34.6 Å². The van der Waals surface area contributed by atoms with Crippen LogP contribution in [0.4, 0.5) is 0 Å². The Hall–Kier alpha value is -1.01. The van der Waals surface area contributed by atoms with Crippen molar-refractivity contribution in [2.24, 2.45) is 16.6 Å². The summed E-state index contributed by atoms with van der Waals surface area (Å²) in [5.74, 6) is -2.66. The first-order valence-corrected chi connectivity index (χ1v) is 6.73. The van der Waals surface area contributed by atoms with Gasteiger partial charge < -0.3 is 45.7 Å². The van der Waals surface area contributed by atoms with Gasteiger partial charge in [-0.1, -0.05) is 0 Å². The van der Waals surface area contributed by atoms with Crippen molar-refractivity contribution in [3.8, 4) is 0 Å². The lowest BCUT2D eigenvalue weighted by Crippen LogP contribution is -2.92. The van der Waals surface area contributed by atoms with Crippen LogP contribution in [0.15, 0.2) is 4.99 Å². The largest absolute Gasteiger partial charge is 0.393 e. The number of ether oxygens (including phenoxy) is 3. The molecule has 7 bridgehead atoms. The molecule has 5 fully saturated rings. The van der Waals surface area contributed by atoms with Crippen molar-refractivity contribution in [2.75, 3.05) is 6.61 Å². The number of rotatable bonds is 1. The molecule has 0 unspecified atom stereocenters. The number of aliphatic imine (C=N–C) groups is 1. The van der Waals surface area contributed by atoms with Gasteiger partial charge in [0.25, 0.3) is 0 Å². The van der Waals surface area contributed by atoms with Gasteiger partial charge in [0.2, 0.25) is 0 Å². The second-order valence-electron chi connectivity index (χ2n) is 6.31. The lowest BCUT2D eigenvalue weighted by atomic mass is 9.56. The molecule has 6 rings (SSSR count). The lowest BCUT2D eigenvalue weighted by Gasteiger charge is -2.68. The summed E-state index contributed by atoms with van der Waals surface area (Å²) in [6.45, 7) is -0.696. The highest BCUT2D eigenvalue weighted by atomic mass is 16.9. The van der Waals surface area contributed by atoms with E-state index in [-0.39, 0.29) is 5.96 Å². The fourth-order valence-corrected chi connectivity index (χ4v) is 4.65. The average molecular weight is 301 g/mol. The van der Waals surface area contributed by atoms with Crippen molar-refractivity contribution >= 4 is 5.96 Å². The molecule has 0 aromatic rings. The van der Waals surface area contributed by atoms with E-state index in [9.17, 15) is 20.4 Å². The molecule has 0 aromatic carbocycles. The molecular formula is C11H15N3O7. The minimum absolute atomic E-state index is 0.0795. The molecule has 0 amide bonds. The van der Waals surface area contributed by atoms with Gasteiger partial charge in [0.05, 0.1) is 12.5 Å². The molecule has 1 aliphatic carbocycles. The Balaban J connectivity index is 1.77. The molecule has 6 aliphatic rings. The maximum absolute atomic E-state index is 10.7. The summed E-state index contributed by atoms with van der Waals surface area (Å²) < 4.78 is 16.4. The van der Waals surface area contributed by atoms with E-state index in [1.165, 1.54) is 0 Å². The highest BCUT2D eigenvalue weighted by Crippen LogP contribution is 2.63. The van der Waals surface area contributed by atoms with Crippen LogP contribution in [-0.4, -0.2) is 80.7 Å².